The van der Waals surface area contributed by atoms with Crippen LogP contribution in [0, 0.1) is 17.2 Å². The van der Waals surface area contributed by atoms with Gasteiger partial charge < -0.3 is 49.3 Å². The summed E-state index contributed by atoms with van der Waals surface area (Å²) in [5.41, 5.74) is 23.5. The lowest BCUT2D eigenvalue weighted by molar-refractivity contribution is -0.140. The summed E-state index contributed by atoms with van der Waals surface area (Å²) in [5.74, 6) is -6.66. The lowest BCUT2D eigenvalue weighted by Gasteiger charge is -2.28. The molecule has 0 heterocycles. The number of guanidine groups is 1. The Balaban J connectivity index is 1.86. The van der Waals surface area contributed by atoms with Gasteiger partial charge in [-0.15, -0.1) is 0 Å². The second kappa shape index (κ2) is 21.5. The average Bonchev–Trinajstić information content (AvgIpc) is 3.13. The second-order valence-corrected chi connectivity index (χ2v) is 13.4. The van der Waals surface area contributed by atoms with Crippen molar-refractivity contribution >= 4 is 53.0 Å². The number of rotatable bonds is 21. The molecule has 4 atom stereocenters. The number of hydrogen-bond acceptors (Lipinski definition) is 8. The summed E-state index contributed by atoms with van der Waals surface area (Å²) in [6.07, 6.45) is 4.49. The van der Waals surface area contributed by atoms with E-state index < -0.39 is 66.0 Å². The molecular weight excluding hydrogens is 696 g/mol. The molecule has 292 valence electrons. The van der Waals surface area contributed by atoms with E-state index in [-0.39, 0.29) is 49.9 Å². The number of nitrogens with two attached hydrogens (primary N) is 4. The third kappa shape index (κ3) is 14.6. The van der Waals surface area contributed by atoms with Crippen LogP contribution in [0.15, 0.2) is 59.6 Å². The number of amides is 5. The molecule has 1 aliphatic rings. The van der Waals surface area contributed by atoms with Crippen molar-refractivity contribution < 1.29 is 33.9 Å². The molecule has 0 bridgehead atoms. The first-order chi connectivity index (χ1) is 25.7. The van der Waals surface area contributed by atoms with Crippen molar-refractivity contribution in [1.29, 1.82) is 5.41 Å². The lowest BCUT2D eigenvalue weighted by atomic mass is 9.84. The molecule has 0 aromatic heterocycles. The Labute approximate surface area is 314 Å². The summed E-state index contributed by atoms with van der Waals surface area (Å²) < 4.78 is 0. The van der Waals surface area contributed by atoms with Crippen LogP contribution in [-0.2, 0) is 35.2 Å². The SMILES string of the molecule is N=C(N)c1ccc(CC(C(=O)Nc2ccccc2)C(=O)N[C@@H](CCC(=O)O)C(=O)N[C@@H](CCCN=C(N)N)C(=O)N[C@@H](CC2CCCCC2)C(N)=O)cc1. The van der Waals surface area contributed by atoms with Crippen molar-refractivity contribution in [3.63, 3.8) is 0 Å². The fourth-order valence-electron chi connectivity index (χ4n) is 6.24. The number of primary amides is 1. The largest absolute Gasteiger partial charge is 0.481 e. The number of amidine groups is 1. The summed E-state index contributed by atoms with van der Waals surface area (Å²) in [7, 11) is 0. The predicted molar refractivity (Wildman–Crippen MR) is 203 cm³/mol. The molecule has 0 spiro atoms. The summed E-state index contributed by atoms with van der Waals surface area (Å²) in [6, 6.07) is 11.1. The van der Waals surface area contributed by atoms with Crippen LogP contribution in [0.1, 0.15) is 75.3 Å². The molecule has 1 unspecified atom stereocenters. The topological polar surface area (TPSA) is 311 Å². The van der Waals surface area contributed by atoms with E-state index in [1.165, 1.54) is 0 Å². The van der Waals surface area contributed by atoms with Gasteiger partial charge >= 0.3 is 5.97 Å². The first-order valence-corrected chi connectivity index (χ1v) is 18.0. The van der Waals surface area contributed by atoms with Gasteiger partial charge in [-0.1, -0.05) is 74.6 Å². The highest BCUT2D eigenvalue weighted by Gasteiger charge is 2.34. The molecular formula is C37H52N10O7. The Kier molecular flexibility index (Phi) is 16.9. The van der Waals surface area contributed by atoms with Crippen LogP contribution in [0.25, 0.3) is 0 Å². The number of carboxylic acids is 1. The normalized spacial score (nSPS) is 15.0. The van der Waals surface area contributed by atoms with E-state index in [9.17, 15) is 33.9 Å². The van der Waals surface area contributed by atoms with E-state index in [1.54, 1.807) is 54.6 Å². The van der Waals surface area contributed by atoms with E-state index >= 15 is 0 Å². The maximum atomic E-state index is 13.9. The molecule has 0 saturated heterocycles. The fourth-order valence-corrected chi connectivity index (χ4v) is 6.24. The number of nitrogen functional groups attached to an aromatic ring is 1. The molecule has 17 heteroatoms. The number of benzene rings is 2. The Bertz CT molecular complexity index is 1640. The van der Waals surface area contributed by atoms with Gasteiger partial charge in [-0.05, 0) is 55.7 Å². The van der Waals surface area contributed by atoms with Crippen LogP contribution in [0.5, 0.6) is 0 Å². The van der Waals surface area contributed by atoms with Gasteiger partial charge in [-0.25, -0.2) is 0 Å². The first kappa shape index (κ1) is 42.4. The minimum atomic E-state index is -1.48. The van der Waals surface area contributed by atoms with Gasteiger partial charge in [0.05, 0.1) is 0 Å². The number of hydrogen-bond donors (Lipinski definition) is 10. The molecule has 3 rings (SSSR count). The maximum absolute atomic E-state index is 13.9. The van der Waals surface area contributed by atoms with E-state index in [4.69, 9.17) is 28.3 Å². The zero-order valence-corrected chi connectivity index (χ0v) is 30.2. The Morgan fingerprint density at radius 3 is 1.93 bits per heavy atom. The van der Waals surface area contributed by atoms with Crippen LogP contribution < -0.4 is 44.2 Å². The van der Waals surface area contributed by atoms with Crippen molar-refractivity contribution in [2.45, 2.75) is 88.8 Å². The Hall–Kier alpha value is -6.00. The zero-order chi connectivity index (χ0) is 39.6. The monoisotopic (exact) mass is 748 g/mol. The summed E-state index contributed by atoms with van der Waals surface area (Å²) >= 11 is 0. The lowest BCUT2D eigenvalue weighted by Crippen LogP contribution is -2.57. The predicted octanol–water partition coefficient (Wildman–Crippen LogP) is 0.597. The standard InChI is InChI=1S/C37H52N10O7/c38-31(39)24-15-13-23(14-16-24)20-26(33(51)44-25-10-5-2-6-11-25)34(52)45-28(17-18-30(48)49)36(54)46-27(12-7-19-43-37(41)42)35(53)47-29(32(40)50)21-22-8-3-1-4-9-22/h2,5-6,10-11,13-16,22,26-29H,1,3-4,7-9,12,17-21H2,(H3,38,39)(H2,40,50)(H,44,51)(H,45,52)(H,46,54)(H,47,53)(H,48,49)(H4,41,42,43)/t26?,27-,28-,29-/m0/s1. The smallest absolute Gasteiger partial charge is 0.303 e. The van der Waals surface area contributed by atoms with Gasteiger partial charge in [0, 0.05) is 24.2 Å². The number of carboxylic acid groups (broad SMARTS) is 1. The van der Waals surface area contributed by atoms with Crippen molar-refractivity contribution in [3.05, 3.63) is 65.7 Å². The van der Waals surface area contributed by atoms with Gasteiger partial charge in [0.15, 0.2) is 5.96 Å². The average molecular weight is 749 g/mol. The van der Waals surface area contributed by atoms with Gasteiger partial charge in [0.2, 0.25) is 29.5 Å². The molecule has 2 aromatic rings. The number of nitrogens with one attached hydrogen (secondary N) is 5. The summed E-state index contributed by atoms with van der Waals surface area (Å²) in [6.45, 7) is 0.119. The highest BCUT2D eigenvalue weighted by atomic mass is 16.4. The van der Waals surface area contributed by atoms with E-state index in [1.807, 2.05) is 0 Å². The fraction of sp³-hybridized carbons (Fsp3) is 0.459. The zero-order valence-electron chi connectivity index (χ0n) is 30.2. The van der Waals surface area contributed by atoms with Crippen LogP contribution >= 0.6 is 0 Å². The van der Waals surface area contributed by atoms with Crippen molar-refractivity contribution in [2.24, 2.45) is 39.8 Å². The Morgan fingerprint density at radius 1 is 0.759 bits per heavy atom. The molecule has 5 amide bonds. The highest BCUT2D eigenvalue weighted by molar-refractivity contribution is 6.07. The number of aliphatic imine (C=N–C) groups is 1. The Morgan fingerprint density at radius 2 is 1.35 bits per heavy atom. The van der Waals surface area contributed by atoms with E-state index in [2.05, 4.69) is 26.3 Å². The quantitative estimate of drug-likeness (QED) is 0.0367. The molecule has 0 radical (unpaired) electrons. The minimum absolute atomic E-state index is 0.0151. The second-order valence-electron chi connectivity index (χ2n) is 13.4. The number of carbonyl (C=O) groups is 6. The van der Waals surface area contributed by atoms with Crippen molar-refractivity contribution in [3.8, 4) is 0 Å². The summed E-state index contributed by atoms with van der Waals surface area (Å²) in [4.78, 5) is 82.9. The maximum Gasteiger partial charge on any atom is 0.303 e. The van der Waals surface area contributed by atoms with Gasteiger partial charge in [0.1, 0.15) is 29.9 Å². The summed E-state index contributed by atoms with van der Waals surface area (Å²) in [5, 5.41) is 27.6. The van der Waals surface area contributed by atoms with Gasteiger partial charge in [-0.3, -0.25) is 39.2 Å². The first-order valence-electron chi connectivity index (χ1n) is 18.0. The molecule has 14 N–H and O–H groups in total. The number of para-hydroxylation sites is 1. The number of anilines is 1. The van der Waals surface area contributed by atoms with Crippen LogP contribution in [0.4, 0.5) is 5.69 Å². The molecule has 1 saturated carbocycles. The molecule has 1 fully saturated rings. The van der Waals surface area contributed by atoms with Crippen LogP contribution in [-0.4, -0.2) is 77.1 Å². The van der Waals surface area contributed by atoms with E-state index in [0.29, 0.717) is 23.2 Å². The molecule has 54 heavy (non-hydrogen) atoms. The molecule has 0 aliphatic heterocycles. The molecule has 17 nitrogen and oxygen atoms in total. The molecule has 2 aromatic carbocycles. The van der Waals surface area contributed by atoms with Gasteiger partial charge in [-0.2, -0.15) is 0 Å². The van der Waals surface area contributed by atoms with Crippen LogP contribution in [0.3, 0.4) is 0 Å². The van der Waals surface area contributed by atoms with E-state index in [0.717, 1.165) is 32.1 Å². The van der Waals surface area contributed by atoms with Crippen molar-refractivity contribution in [2.75, 3.05) is 11.9 Å². The number of carbonyl (C=O) groups excluding carboxylic acids is 5. The highest BCUT2D eigenvalue weighted by Crippen LogP contribution is 2.27. The molecule has 1 aliphatic carbocycles. The van der Waals surface area contributed by atoms with Gasteiger partial charge in [0.25, 0.3) is 0 Å². The van der Waals surface area contributed by atoms with Crippen molar-refractivity contribution in [1.82, 2.24) is 16.0 Å². The third-order valence-corrected chi connectivity index (χ3v) is 9.19. The number of aliphatic carboxylic acids is 1. The van der Waals surface area contributed by atoms with Crippen LogP contribution in [0.2, 0.25) is 0 Å². The number of nitrogens with zero attached hydrogens (tertiary/aromatic N) is 1. The minimum Gasteiger partial charge on any atom is -0.481 e. The third-order valence-electron chi connectivity index (χ3n) is 9.19.